The van der Waals surface area contributed by atoms with Gasteiger partial charge in [0.15, 0.2) is 0 Å². The zero-order chi connectivity index (χ0) is 14.2. The van der Waals surface area contributed by atoms with Crippen LogP contribution in [0.1, 0.15) is 69.5 Å². The predicted octanol–water partition coefficient (Wildman–Crippen LogP) is 4.78. The molecule has 0 unspecified atom stereocenters. The van der Waals surface area contributed by atoms with Gasteiger partial charge in [0.25, 0.3) is 0 Å². The molecular weight excluding hydrogens is 270 g/mol. The van der Waals surface area contributed by atoms with Crippen molar-refractivity contribution in [2.24, 2.45) is 0 Å². The van der Waals surface area contributed by atoms with Crippen molar-refractivity contribution < 1.29 is 0 Å². The van der Waals surface area contributed by atoms with Crippen molar-refractivity contribution in [2.75, 3.05) is 11.9 Å². The van der Waals surface area contributed by atoms with E-state index in [1.807, 2.05) is 0 Å². The highest BCUT2D eigenvalue weighted by atomic mass is 35.5. The minimum Gasteiger partial charge on any atom is -0.370 e. The fourth-order valence-electron chi connectivity index (χ4n) is 2.82. The number of aromatic nitrogens is 2. The van der Waals surface area contributed by atoms with Crippen LogP contribution in [0.3, 0.4) is 0 Å². The topological polar surface area (TPSA) is 37.8 Å². The number of nitrogens with one attached hydrogen (secondary N) is 1. The van der Waals surface area contributed by atoms with Crippen molar-refractivity contribution in [2.45, 2.75) is 71.1 Å². The largest absolute Gasteiger partial charge is 0.370 e. The number of anilines is 1. The molecule has 112 valence electrons. The van der Waals surface area contributed by atoms with E-state index in [-0.39, 0.29) is 0 Å². The molecular formula is C16H26ClN3. The maximum atomic E-state index is 6.02. The van der Waals surface area contributed by atoms with E-state index in [2.05, 4.69) is 22.2 Å². The zero-order valence-corrected chi connectivity index (χ0v) is 13.3. The molecule has 4 heteroatoms. The monoisotopic (exact) mass is 295 g/mol. The first-order chi connectivity index (χ1) is 9.81. The molecule has 2 rings (SSSR count). The maximum absolute atomic E-state index is 6.02. The van der Waals surface area contributed by atoms with Crippen LogP contribution in [0.5, 0.6) is 0 Å². The number of nitrogens with zero attached hydrogens (tertiary/aromatic N) is 2. The van der Waals surface area contributed by atoms with Gasteiger partial charge in [0.05, 0.1) is 5.69 Å². The first-order valence-corrected chi connectivity index (χ1v) is 8.48. The summed E-state index contributed by atoms with van der Waals surface area (Å²) in [4.78, 5) is 8.74. The first-order valence-electron chi connectivity index (χ1n) is 8.10. The van der Waals surface area contributed by atoms with Crippen LogP contribution >= 0.6 is 11.6 Å². The van der Waals surface area contributed by atoms with Gasteiger partial charge in [-0.1, -0.05) is 39.0 Å². The van der Waals surface area contributed by atoms with Gasteiger partial charge in [-0.15, -0.1) is 0 Å². The molecule has 0 saturated carbocycles. The van der Waals surface area contributed by atoms with Gasteiger partial charge in [0, 0.05) is 12.1 Å². The van der Waals surface area contributed by atoms with Crippen LogP contribution < -0.4 is 5.32 Å². The number of unbranched alkanes of at least 4 members (excludes halogenated alkanes) is 5. The average Bonchev–Trinajstić information content (AvgIpc) is 2.46. The van der Waals surface area contributed by atoms with Crippen LogP contribution in [0.2, 0.25) is 5.28 Å². The van der Waals surface area contributed by atoms with Crippen molar-refractivity contribution >= 4 is 17.4 Å². The van der Waals surface area contributed by atoms with E-state index in [9.17, 15) is 0 Å². The van der Waals surface area contributed by atoms with E-state index in [0.29, 0.717) is 5.28 Å². The lowest BCUT2D eigenvalue weighted by atomic mass is 9.96. The molecule has 1 aromatic rings. The van der Waals surface area contributed by atoms with Crippen LogP contribution in [0.15, 0.2) is 0 Å². The minimum atomic E-state index is 0.385. The highest BCUT2D eigenvalue weighted by Gasteiger charge is 2.16. The van der Waals surface area contributed by atoms with Crippen LogP contribution in [0.25, 0.3) is 0 Å². The molecule has 1 aromatic heterocycles. The van der Waals surface area contributed by atoms with Crippen LogP contribution in [-0.4, -0.2) is 16.5 Å². The Hall–Kier alpha value is -0.830. The number of rotatable bonds is 8. The van der Waals surface area contributed by atoms with Crippen LogP contribution in [-0.2, 0) is 12.8 Å². The molecule has 0 spiro atoms. The number of hydrogen-bond acceptors (Lipinski definition) is 3. The van der Waals surface area contributed by atoms with Gasteiger partial charge in [-0.3, -0.25) is 0 Å². The standard InChI is InChI=1S/C16H26ClN3/c1-2-3-4-5-6-9-12-18-15-13-10-7-8-11-14(13)19-16(17)20-15/h2-12H2,1H3,(H,18,19,20). The Balaban J connectivity index is 1.79. The molecule has 0 radical (unpaired) electrons. The number of hydrogen-bond donors (Lipinski definition) is 1. The average molecular weight is 296 g/mol. The molecule has 0 fully saturated rings. The van der Waals surface area contributed by atoms with Gasteiger partial charge in [0.2, 0.25) is 5.28 Å². The van der Waals surface area contributed by atoms with Crippen molar-refractivity contribution in [3.8, 4) is 0 Å². The summed E-state index contributed by atoms with van der Waals surface area (Å²) in [5, 5.41) is 3.85. The Morgan fingerprint density at radius 1 is 1.00 bits per heavy atom. The molecule has 1 heterocycles. The van der Waals surface area contributed by atoms with E-state index in [4.69, 9.17) is 11.6 Å². The maximum Gasteiger partial charge on any atom is 0.224 e. The Labute approximate surface area is 127 Å². The van der Waals surface area contributed by atoms with Crippen molar-refractivity contribution in [3.63, 3.8) is 0 Å². The molecule has 1 aliphatic rings. The highest BCUT2D eigenvalue weighted by molar-refractivity contribution is 6.28. The predicted molar refractivity (Wildman–Crippen MR) is 85.5 cm³/mol. The van der Waals surface area contributed by atoms with E-state index in [1.54, 1.807) is 0 Å². The molecule has 0 aliphatic heterocycles. The van der Waals surface area contributed by atoms with Gasteiger partial charge in [-0.05, 0) is 43.7 Å². The molecule has 3 nitrogen and oxygen atoms in total. The second-order valence-corrected chi connectivity index (χ2v) is 6.01. The van der Waals surface area contributed by atoms with Gasteiger partial charge in [-0.25, -0.2) is 9.97 Å². The van der Waals surface area contributed by atoms with Gasteiger partial charge < -0.3 is 5.32 Å². The first kappa shape index (κ1) is 15.6. The molecule has 1 aliphatic carbocycles. The van der Waals surface area contributed by atoms with Crippen molar-refractivity contribution in [1.82, 2.24) is 9.97 Å². The molecule has 0 aromatic carbocycles. The molecule has 0 bridgehead atoms. The fraction of sp³-hybridized carbons (Fsp3) is 0.750. The van der Waals surface area contributed by atoms with Crippen LogP contribution in [0, 0.1) is 0 Å². The van der Waals surface area contributed by atoms with Crippen molar-refractivity contribution in [1.29, 1.82) is 0 Å². The fourth-order valence-corrected chi connectivity index (χ4v) is 3.01. The second-order valence-electron chi connectivity index (χ2n) is 5.67. The summed E-state index contributed by atoms with van der Waals surface area (Å²) in [6.07, 6.45) is 12.5. The smallest absolute Gasteiger partial charge is 0.224 e. The van der Waals surface area contributed by atoms with Crippen molar-refractivity contribution in [3.05, 3.63) is 16.5 Å². The summed E-state index contributed by atoms with van der Waals surface area (Å²) in [5.74, 6) is 0.980. The third-order valence-corrected chi connectivity index (χ3v) is 4.15. The second kappa shape index (κ2) is 8.46. The normalized spacial score (nSPS) is 14.1. The molecule has 20 heavy (non-hydrogen) atoms. The highest BCUT2D eigenvalue weighted by Crippen LogP contribution is 2.26. The van der Waals surface area contributed by atoms with Gasteiger partial charge in [-0.2, -0.15) is 0 Å². The van der Waals surface area contributed by atoms with E-state index >= 15 is 0 Å². The Bertz CT molecular complexity index is 420. The number of fused-ring (bicyclic) bond motifs is 1. The third-order valence-electron chi connectivity index (χ3n) is 3.98. The van der Waals surface area contributed by atoms with Gasteiger partial charge in [0.1, 0.15) is 5.82 Å². The summed E-state index contributed by atoms with van der Waals surface area (Å²) in [6, 6.07) is 0. The number of halogens is 1. The SMILES string of the molecule is CCCCCCCCNc1nc(Cl)nc2c1CCCC2. The molecule has 1 N–H and O–H groups in total. The zero-order valence-electron chi connectivity index (χ0n) is 12.6. The summed E-state index contributed by atoms with van der Waals surface area (Å²) in [6.45, 7) is 3.25. The Morgan fingerprint density at radius 2 is 1.75 bits per heavy atom. The Morgan fingerprint density at radius 3 is 2.60 bits per heavy atom. The van der Waals surface area contributed by atoms with Gasteiger partial charge >= 0.3 is 0 Å². The quantitative estimate of drug-likeness (QED) is 0.554. The van der Waals surface area contributed by atoms with E-state index in [1.165, 1.54) is 56.9 Å². The molecule has 0 saturated heterocycles. The number of aryl methyl sites for hydroxylation is 1. The summed E-state index contributed by atoms with van der Waals surface area (Å²) in [5.41, 5.74) is 2.45. The van der Waals surface area contributed by atoms with E-state index in [0.717, 1.165) is 30.9 Å². The lowest BCUT2D eigenvalue weighted by Gasteiger charge is -2.18. The summed E-state index contributed by atoms with van der Waals surface area (Å²) < 4.78 is 0. The minimum absolute atomic E-state index is 0.385. The molecule has 0 atom stereocenters. The summed E-state index contributed by atoms with van der Waals surface area (Å²) >= 11 is 6.02. The lowest BCUT2D eigenvalue weighted by Crippen LogP contribution is -2.13. The van der Waals surface area contributed by atoms with Crippen LogP contribution in [0.4, 0.5) is 5.82 Å². The molecule has 0 amide bonds. The summed E-state index contributed by atoms with van der Waals surface area (Å²) in [7, 11) is 0. The lowest BCUT2D eigenvalue weighted by molar-refractivity contribution is 0.615. The Kier molecular flexibility index (Phi) is 6.58. The van der Waals surface area contributed by atoms with E-state index < -0.39 is 0 Å². The third kappa shape index (κ3) is 4.62.